The van der Waals surface area contributed by atoms with Crippen LogP contribution in [-0.2, 0) is 13.0 Å². The van der Waals surface area contributed by atoms with Crippen molar-refractivity contribution in [2.45, 2.75) is 47.1 Å². The molecule has 0 unspecified atom stereocenters. The number of aryl methyl sites for hydroxylation is 4. The number of aromatic amines is 1. The second-order valence-corrected chi connectivity index (χ2v) is 6.78. The van der Waals surface area contributed by atoms with E-state index in [1.54, 1.807) is 11.3 Å². The predicted molar refractivity (Wildman–Crippen MR) is 111 cm³/mol. The van der Waals surface area contributed by atoms with Crippen LogP contribution < -0.4 is 10.6 Å². The van der Waals surface area contributed by atoms with Crippen molar-refractivity contribution in [3.63, 3.8) is 0 Å². The van der Waals surface area contributed by atoms with Crippen LogP contribution in [0, 0.1) is 20.8 Å². The summed E-state index contributed by atoms with van der Waals surface area (Å²) < 4.78 is 0. The Morgan fingerprint density at radius 2 is 2.08 bits per heavy atom. The molecule has 0 aliphatic rings. The van der Waals surface area contributed by atoms with E-state index in [2.05, 4.69) is 51.6 Å². The molecule has 0 saturated carbocycles. The van der Waals surface area contributed by atoms with E-state index in [0.29, 0.717) is 6.54 Å². The first-order valence-corrected chi connectivity index (χ1v) is 8.85. The lowest BCUT2D eigenvalue weighted by atomic mass is 10.1. The van der Waals surface area contributed by atoms with Gasteiger partial charge in [-0.2, -0.15) is 5.10 Å². The average molecular weight is 462 g/mol. The standard InChI is InChI=1S/C16H26N6S.HI/c1-5-17-16(19-10-15-21-11(2)13(4)23-15)18-8-6-7-14-9-20-22-12(14)3;/h9H,5-8,10H2,1-4H3,(H,20,22)(H2,17,18,19);1H. The largest absolute Gasteiger partial charge is 0.357 e. The first-order chi connectivity index (χ1) is 11.1. The Labute approximate surface area is 165 Å². The van der Waals surface area contributed by atoms with Gasteiger partial charge in [0.05, 0.1) is 18.4 Å². The molecule has 2 rings (SSSR count). The van der Waals surface area contributed by atoms with E-state index in [1.165, 1.54) is 10.4 Å². The van der Waals surface area contributed by atoms with E-state index in [4.69, 9.17) is 0 Å². The highest BCUT2D eigenvalue weighted by Crippen LogP contribution is 2.16. The molecule has 0 atom stereocenters. The van der Waals surface area contributed by atoms with Crippen molar-refractivity contribution in [2.75, 3.05) is 13.1 Å². The molecule has 6 nitrogen and oxygen atoms in total. The van der Waals surface area contributed by atoms with Crippen molar-refractivity contribution in [3.05, 3.63) is 33.0 Å². The minimum absolute atomic E-state index is 0. The zero-order valence-corrected chi connectivity index (χ0v) is 17.9. The van der Waals surface area contributed by atoms with Gasteiger partial charge >= 0.3 is 0 Å². The normalized spacial score (nSPS) is 11.2. The zero-order chi connectivity index (χ0) is 16.7. The fraction of sp³-hybridized carbons (Fsp3) is 0.562. The van der Waals surface area contributed by atoms with Gasteiger partial charge in [0, 0.05) is 23.7 Å². The summed E-state index contributed by atoms with van der Waals surface area (Å²) in [6.45, 7) is 10.6. The van der Waals surface area contributed by atoms with Crippen LogP contribution in [0.1, 0.15) is 40.2 Å². The number of nitrogens with one attached hydrogen (secondary N) is 3. The van der Waals surface area contributed by atoms with E-state index in [0.717, 1.165) is 48.3 Å². The Bertz CT molecular complexity index is 629. The van der Waals surface area contributed by atoms with E-state index in [9.17, 15) is 0 Å². The van der Waals surface area contributed by atoms with Gasteiger partial charge in [-0.3, -0.25) is 5.10 Å². The molecule has 134 valence electrons. The van der Waals surface area contributed by atoms with Crippen LogP contribution in [0.25, 0.3) is 0 Å². The molecule has 3 N–H and O–H groups in total. The number of rotatable bonds is 7. The molecule has 8 heteroatoms. The van der Waals surface area contributed by atoms with E-state index in [1.807, 2.05) is 13.1 Å². The van der Waals surface area contributed by atoms with Crippen LogP contribution in [0.3, 0.4) is 0 Å². The number of nitrogens with zero attached hydrogens (tertiary/aromatic N) is 3. The number of hydrogen-bond donors (Lipinski definition) is 3. The van der Waals surface area contributed by atoms with Crippen LogP contribution in [0.2, 0.25) is 0 Å². The topological polar surface area (TPSA) is 78.0 Å². The van der Waals surface area contributed by atoms with Crippen molar-refractivity contribution in [3.8, 4) is 0 Å². The van der Waals surface area contributed by atoms with Gasteiger partial charge in [0.25, 0.3) is 0 Å². The molecule has 0 saturated heterocycles. The fourth-order valence-electron chi connectivity index (χ4n) is 2.21. The van der Waals surface area contributed by atoms with Gasteiger partial charge in [0.15, 0.2) is 5.96 Å². The van der Waals surface area contributed by atoms with Crippen LogP contribution in [0.5, 0.6) is 0 Å². The quantitative estimate of drug-likeness (QED) is 0.256. The third-order valence-corrected chi connectivity index (χ3v) is 4.70. The Morgan fingerprint density at radius 3 is 2.67 bits per heavy atom. The van der Waals surface area contributed by atoms with Crippen molar-refractivity contribution in [2.24, 2.45) is 4.99 Å². The van der Waals surface area contributed by atoms with Crippen molar-refractivity contribution >= 4 is 41.3 Å². The van der Waals surface area contributed by atoms with Crippen molar-refractivity contribution < 1.29 is 0 Å². The minimum Gasteiger partial charge on any atom is -0.357 e. The monoisotopic (exact) mass is 462 g/mol. The molecule has 0 aliphatic carbocycles. The number of aromatic nitrogens is 3. The molecule has 2 heterocycles. The second-order valence-electron chi connectivity index (χ2n) is 5.49. The van der Waals surface area contributed by atoms with Gasteiger partial charge in [-0.15, -0.1) is 35.3 Å². The van der Waals surface area contributed by atoms with Gasteiger partial charge in [-0.1, -0.05) is 0 Å². The lowest BCUT2D eigenvalue weighted by Crippen LogP contribution is -2.37. The number of halogens is 1. The van der Waals surface area contributed by atoms with Crippen molar-refractivity contribution in [1.82, 2.24) is 25.8 Å². The second kappa shape index (κ2) is 10.7. The average Bonchev–Trinajstić information content (AvgIpc) is 3.07. The Kier molecular flexibility index (Phi) is 9.27. The first-order valence-electron chi connectivity index (χ1n) is 8.04. The van der Waals surface area contributed by atoms with Crippen LogP contribution in [0.4, 0.5) is 0 Å². The smallest absolute Gasteiger partial charge is 0.191 e. The number of H-pyrrole nitrogens is 1. The molecule has 0 fully saturated rings. The fourth-order valence-corrected chi connectivity index (χ4v) is 3.07. The van der Waals surface area contributed by atoms with Crippen LogP contribution in [0.15, 0.2) is 11.2 Å². The van der Waals surface area contributed by atoms with Gasteiger partial charge in [-0.05, 0) is 46.1 Å². The molecule has 0 bridgehead atoms. The van der Waals surface area contributed by atoms with Gasteiger partial charge in [0.2, 0.25) is 0 Å². The third kappa shape index (κ3) is 6.39. The van der Waals surface area contributed by atoms with Gasteiger partial charge < -0.3 is 10.6 Å². The number of hydrogen-bond acceptors (Lipinski definition) is 4. The van der Waals surface area contributed by atoms with Gasteiger partial charge in [0.1, 0.15) is 5.01 Å². The minimum atomic E-state index is 0. The maximum atomic E-state index is 4.61. The van der Waals surface area contributed by atoms with Crippen molar-refractivity contribution in [1.29, 1.82) is 0 Å². The molecule has 2 aromatic rings. The van der Waals surface area contributed by atoms with Gasteiger partial charge in [-0.25, -0.2) is 9.98 Å². The SMILES string of the molecule is CCNC(=NCc1nc(C)c(C)s1)NCCCc1cn[nH]c1C.I. The molecule has 0 radical (unpaired) electrons. The number of thiazole rings is 1. The summed E-state index contributed by atoms with van der Waals surface area (Å²) >= 11 is 1.72. The predicted octanol–water partition coefficient (Wildman–Crippen LogP) is 3.10. The lowest BCUT2D eigenvalue weighted by Gasteiger charge is -2.10. The maximum Gasteiger partial charge on any atom is 0.191 e. The highest BCUT2D eigenvalue weighted by Gasteiger charge is 2.04. The summed E-state index contributed by atoms with van der Waals surface area (Å²) in [7, 11) is 0. The Balaban J connectivity index is 0.00000288. The summed E-state index contributed by atoms with van der Waals surface area (Å²) in [5, 5.41) is 14.7. The molecular weight excluding hydrogens is 435 g/mol. The van der Waals surface area contributed by atoms with E-state index < -0.39 is 0 Å². The maximum absolute atomic E-state index is 4.61. The number of aliphatic imine (C=N–C) groups is 1. The third-order valence-electron chi connectivity index (χ3n) is 3.64. The molecule has 2 aromatic heterocycles. The highest BCUT2D eigenvalue weighted by atomic mass is 127. The molecule has 0 aliphatic heterocycles. The molecular formula is C16H27IN6S. The summed E-state index contributed by atoms with van der Waals surface area (Å²) in [6, 6.07) is 0. The molecule has 0 aromatic carbocycles. The van der Waals surface area contributed by atoms with Crippen LogP contribution >= 0.6 is 35.3 Å². The van der Waals surface area contributed by atoms with E-state index in [-0.39, 0.29) is 24.0 Å². The van der Waals surface area contributed by atoms with Crippen LogP contribution in [-0.4, -0.2) is 34.2 Å². The first kappa shape index (κ1) is 20.9. The van der Waals surface area contributed by atoms with E-state index >= 15 is 0 Å². The molecule has 0 amide bonds. The number of guanidine groups is 1. The molecule has 0 spiro atoms. The Morgan fingerprint density at radius 1 is 1.29 bits per heavy atom. The summed E-state index contributed by atoms with van der Waals surface area (Å²) in [6.07, 6.45) is 3.96. The Hall–Kier alpha value is -1.16. The summed E-state index contributed by atoms with van der Waals surface area (Å²) in [5.41, 5.74) is 3.54. The zero-order valence-electron chi connectivity index (χ0n) is 14.8. The lowest BCUT2D eigenvalue weighted by molar-refractivity contribution is 0.741. The summed E-state index contributed by atoms with van der Waals surface area (Å²) in [5.74, 6) is 0.849. The summed E-state index contributed by atoms with van der Waals surface area (Å²) in [4.78, 5) is 10.4. The highest BCUT2D eigenvalue weighted by molar-refractivity contribution is 14.0. The molecule has 24 heavy (non-hydrogen) atoms.